The second kappa shape index (κ2) is 4.97. The predicted molar refractivity (Wildman–Crippen MR) is 64.9 cm³/mol. The maximum Gasteiger partial charge on any atom is 0.248 e. The Morgan fingerprint density at radius 1 is 1.53 bits per heavy atom. The van der Waals surface area contributed by atoms with Gasteiger partial charge in [0.25, 0.3) is 0 Å². The van der Waals surface area contributed by atoms with E-state index in [9.17, 15) is 4.79 Å². The summed E-state index contributed by atoms with van der Waals surface area (Å²) in [5.41, 5.74) is 7.10. The minimum absolute atomic E-state index is 0.00623. The SMILES string of the molecule is COc1cccc(C2=NN(CCN)C(=O)C2)c1. The van der Waals surface area contributed by atoms with Crippen LogP contribution < -0.4 is 10.5 Å². The highest BCUT2D eigenvalue weighted by atomic mass is 16.5. The summed E-state index contributed by atoms with van der Waals surface area (Å²) in [7, 11) is 1.61. The minimum atomic E-state index is -0.00623. The molecule has 0 fully saturated rings. The summed E-state index contributed by atoms with van der Waals surface area (Å²) in [4.78, 5) is 11.6. The van der Waals surface area contributed by atoms with Crippen molar-refractivity contribution >= 4 is 11.6 Å². The summed E-state index contributed by atoms with van der Waals surface area (Å²) in [6.45, 7) is 0.882. The zero-order valence-electron chi connectivity index (χ0n) is 9.72. The van der Waals surface area contributed by atoms with Crippen molar-refractivity contribution in [1.29, 1.82) is 0 Å². The Morgan fingerprint density at radius 3 is 3.06 bits per heavy atom. The van der Waals surface area contributed by atoms with E-state index in [4.69, 9.17) is 10.5 Å². The van der Waals surface area contributed by atoms with Crippen molar-refractivity contribution in [3.63, 3.8) is 0 Å². The van der Waals surface area contributed by atoms with Crippen LogP contribution in [-0.2, 0) is 4.79 Å². The van der Waals surface area contributed by atoms with E-state index in [0.717, 1.165) is 17.0 Å². The molecule has 2 rings (SSSR count). The summed E-state index contributed by atoms with van der Waals surface area (Å²) in [5, 5.41) is 5.69. The molecule has 0 bridgehead atoms. The Labute approximate surface area is 99.9 Å². The van der Waals surface area contributed by atoms with Crippen molar-refractivity contribution in [3.8, 4) is 5.75 Å². The van der Waals surface area contributed by atoms with Gasteiger partial charge in [-0.05, 0) is 12.1 Å². The molecule has 0 aromatic heterocycles. The number of ether oxygens (including phenoxy) is 1. The predicted octanol–water partition coefficient (Wildman–Crippen LogP) is 0.590. The number of carbonyl (C=O) groups excluding carboxylic acids is 1. The average molecular weight is 233 g/mol. The van der Waals surface area contributed by atoms with Gasteiger partial charge in [-0.25, -0.2) is 5.01 Å². The molecule has 0 aliphatic carbocycles. The van der Waals surface area contributed by atoms with Gasteiger partial charge in [-0.3, -0.25) is 4.79 Å². The second-order valence-corrected chi connectivity index (χ2v) is 3.76. The van der Waals surface area contributed by atoms with Gasteiger partial charge in [-0.15, -0.1) is 0 Å². The number of hydrogen-bond donors (Lipinski definition) is 1. The van der Waals surface area contributed by atoms with Gasteiger partial charge in [0.05, 0.1) is 25.8 Å². The minimum Gasteiger partial charge on any atom is -0.497 e. The zero-order valence-corrected chi connectivity index (χ0v) is 9.72. The lowest BCUT2D eigenvalue weighted by Gasteiger charge is -2.08. The quantitative estimate of drug-likeness (QED) is 0.827. The van der Waals surface area contributed by atoms with Crippen LogP contribution in [0.3, 0.4) is 0 Å². The van der Waals surface area contributed by atoms with Crippen molar-refractivity contribution < 1.29 is 9.53 Å². The van der Waals surface area contributed by atoms with Crippen LogP contribution in [0.1, 0.15) is 12.0 Å². The van der Waals surface area contributed by atoms with E-state index >= 15 is 0 Å². The molecule has 0 saturated heterocycles. The number of amides is 1. The van der Waals surface area contributed by atoms with Crippen LogP contribution in [-0.4, -0.2) is 36.8 Å². The Bertz CT molecular complexity index is 457. The number of methoxy groups -OCH3 is 1. The van der Waals surface area contributed by atoms with Gasteiger partial charge < -0.3 is 10.5 Å². The molecule has 0 radical (unpaired) electrons. The summed E-state index contributed by atoms with van der Waals surface area (Å²) in [6.07, 6.45) is 0.327. The van der Waals surface area contributed by atoms with E-state index < -0.39 is 0 Å². The Morgan fingerprint density at radius 2 is 2.35 bits per heavy atom. The number of rotatable bonds is 4. The fraction of sp³-hybridized carbons (Fsp3) is 0.333. The average Bonchev–Trinajstić information content (AvgIpc) is 2.72. The van der Waals surface area contributed by atoms with E-state index in [1.165, 1.54) is 5.01 Å². The van der Waals surface area contributed by atoms with Crippen LogP contribution >= 0.6 is 0 Å². The third kappa shape index (κ3) is 2.45. The van der Waals surface area contributed by atoms with E-state index in [2.05, 4.69) is 5.10 Å². The van der Waals surface area contributed by atoms with Gasteiger partial charge in [0.2, 0.25) is 5.91 Å². The van der Waals surface area contributed by atoms with Gasteiger partial charge in [-0.1, -0.05) is 12.1 Å². The van der Waals surface area contributed by atoms with Crippen LogP contribution in [0, 0.1) is 0 Å². The number of hydrogen-bond acceptors (Lipinski definition) is 4. The molecule has 17 heavy (non-hydrogen) atoms. The van der Waals surface area contributed by atoms with Crippen LogP contribution in [0.2, 0.25) is 0 Å². The number of nitrogens with zero attached hydrogens (tertiary/aromatic N) is 2. The standard InChI is InChI=1S/C12H15N3O2/c1-17-10-4-2-3-9(7-10)11-8-12(16)15(14-11)6-5-13/h2-4,7H,5-6,8,13H2,1H3. The molecule has 0 saturated carbocycles. The third-order valence-electron chi connectivity index (χ3n) is 2.59. The molecule has 90 valence electrons. The maximum absolute atomic E-state index is 11.6. The Kier molecular flexibility index (Phi) is 3.39. The van der Waals surface area contributed by atoms with Crippen LogP contribution in [0.25, 0.3) is 0 Å². The van der Waals surface area contributed by atoms with Gasteiger partial charge in [0.15, 0.2) is 0 Å². The largest absolute Gasteiger partial charge is 0.497 e. The first-order valence-electron chi connectivity index (χ1n) is 5.47. The van der Waals surface area contributed by atoms with Crippen molar-refractivity contribution in [1.82, 2.24) is 5.01 Å². The van der Waals surface area contributed by atoms with Crippen LogP contribution in [0.4, 0.5) is 0 Å². The lowest BCUT2D eigenvalue weighted by atomic mass is 10.1. The highest BCUT2D eigenvalue weighted by molar-refractivity contribution is 6.13. The first-order valence-corrected chi connectivity index (χ1v) is 5.47. The van der Waals surface area contributed by atoms with Gasteiger partial charge >= 0.3 is 0 Å². The Hall–Kier alpha value is -1.88. The van der Waals surface area contributed by atoms with Crippen molar-refractivity contribution in [2.24, 2.45) is 10.8 Å². The Balaban J connectivity index is 2.22. The molecule has 1 heterocycles. The molecule has 1 aliphatic rings. The molecule has 1 aromatic rings. The lowest BCUT2D eigenvalue weighted by molar-refractivity contribution is -0.128. The number of benzene rings is 1. The van der Waals surface area contributed by atoms with Crippen molar-refractivity contribution in [3.05, 3.63) is 29.8 Å². The topological polar surface area (TPSA) is 67.9 Å². The first-order chi connectivity index (χ1) is 8.24. The molecule has 1 aliphatic heterocycles. The molecule has 5 heteroatoms. The van der Waals surface area contributed by atoms with Crippen molar-refractivity contribution in [2.45, 2.75) is 6.42 Å². The van der Waals surface area contributed by atoms with Gasteiger partial charge in [0.1, 0.15) is 5.75 Å². The second-order valence-electron chi connectivity index (χ2n) is 3.76. The monoisotopic (exact) mass is 233 g/mol. The fourth-order valence-electron chi connectivity index (χ4n) is 1.73. The normalized spacial score (nSPS) is 15.1. The molecule has 1 amide bonds. The number of hydrazone groups is 1. The zero-order chi connectivity index (χ0) is 12.3. The van der Waals surface area contributed by atoms with E-state index in [0.29, 0.717) is 19.5 Å². The van der Waals surface area contributed by atoms with Gasteiger partial charge in [-0.2, -0.15) is 5.10 Å². The highest BCUT2D eigenvalue weighted by Crippen LogP contribution is 2.18. The lowest BCUT2D eigenvalue weighted by Crippen LogP contribution is -2.26. The number of nitrogens with two attached hydrogens (primary N) is 1. The molecule has 0 atom stereocenters. The third-order valence-corrected chi connectivity index (χ3v) is 2.59. The highest BCUT2D eigenvalue weighted by Gasteiger charge is 2.24. The van der Waals surface area contributed by atoms with Crippen LogP contribution in [0.15, 0.2) is 29.4 Å². The van der Waals surface area contributed by atoms with E-state index in [-0.39, 0.29) is 5.91 Å². The summed E-state index contributed by atoms with van der Waals surface area (Å²) in [5.74, 6) is 0.753. The molecule has 0 unspecified atom stereocenters. The molecular weight excluding hydrogens is 218 g/mol. The molecular formula is C12H15N3O2. The summed E-state index contributed by atoms with van der Waals surface area (Å²) >= 11 is 0. The molecule has 2 N–H and O–H groups in total. The molecule has 1 aromatic carbocycles. The maximum atomic E-state index is 11.6. The van der Waals surface area contributed by atoms with E-state index in [1.807, 2.05) is 24.3 Å². The smallest absolute Gasteiger partial charge is 0.248 e. The fourth-order valence-corrected chi connectivity index (χ4v) is 1.73. The summed E-state index contributed by atoms with van der Waals surface area (Å²) in [6, 6.07) is 7.53. The number of carbonyl (C=O) groups is 1. The first kappa shape index (κ1) is 11.6. The molecule has 0 spiro atoms. The van der Waals surface area contributed by atoms with Crippen molar-refractivity contribution in [2.75, 3.05) is 20.2 Å². The van der Waals surface area contributed by atoms with Gasteiger partial charge in [0, 0.05) is 12.1 Å². The van der Waals surface area contributed by atoms with E-state index in [1.54, 1.807) is 7.11 Å². The molecule has 5 nitrogen and oxygen atoms in total. The summed E-state index contributed by atoms with van der Waals surface area (Å²) < 4.78 is 5.14. The van der Waals surface area contributed by atoms with Crippen LogP contribution in [0.5, 0.6) is 5.75 Å².